The van der Waals surface area contributed by atoms with Gasteiger partial charge >= 0.3 is 0 Å². The minimum Gasteiger partial charge on any atom is -0.494 e. The van der Waals surface area contributed by atoms with Crippen molar-refractivity contribution in [2.75, 3.05) is 29.9 Å². The Labute approximate surface area is 192 Å². The van der Waals surface area contributed by atoms with Gasteiger partial charge in [-0.05, 0) is 80.8 Å². The third-order valence-corrected chi connectivity index (χ3v) is 7.45. The first-order chi connectivity index (χ1) is 15.1. The molecule has 0 bridgehead atoms. The molecule has 3 aromatic carbocycles. The molecule has 170 valence electrons. The van der Waals surface area contributed by atoms with Crippen LogP contribution in [0.3, 0.4) is 0 Å². The smallest absolute Gasteiger partial charge is 0.265 e. The van der Waals surface area contributed by atoms with Gasteiger partial charge in [-0.25, -0.2) is 8.42 Å². The van der Waals surface area contributed by atoms with Gasteiger partial charge < -0.3 is 9.64 Å². The molecule has 0 saturated carbocycles. The van der Waals surface area contributed by atoms with Crippen LogP contribution >= 0.6 is 0 Å². The van der Waals surface area contributed by atoms with E-state index in [1.807, 2.05) is 95.2 Å². The molecule has 3 aromatic rings. The van der Waals surface area contributed by atoms with E-state index < -0.39 is 10.0 Å². The zero-order valence-corrected chi connectivity index (χ0v) is 20.5. The van der Waals surface area contributed by atoms with E-state index in [2.05, 4.69) is 0 Å². The highest BCUT2D eigenvalue weighted by Gasteiger charge is 2.28. The van der Waals surface area contributed by atoms with Crippen LogP contribution in [-0.4, -0.2) is 29.1 Å². The molecule has 0 unspecified atom stereocenters. The van der Waals surface area contributed by atoms with Crippen LogP contribution < -0.4 is 13.9 Å². The summed E-state index contributed by atoms with van der Waals surface area (Å²) in [5.74, 6) is 0.714. The molecule has 0 aliphatic heterocycles. The van der Waals surface area contributed by atoms with Gasteiger partial charge in [-0.15, -0.1) is 0 Å². The third kappa shape index (κ3) is 5.07. The lowest BCUT2D eigenvalue weighted by Crippen LogP contribution is -2.31. The maximum atomic E-state index is 14.0. The van der Waals surface area contributed by atoms with Gasteiger partial charge in [-0.2, -0.15) is 0 Å². The molecule has 0 saturated heterocycles. The summed E-state index contributed by atoms with van der Waals surface area (Å²) in [6, 6.07) is 19.0. The second kappa shape index (κ2) is 9.65. The van der Waals surface area contributed by atoms with Gasteiger partial charge in [-0.3, -0.25) is 4.31 Å². The predicted octanol–water partition coefficient (Wildman–Crippen LogP) is 5.47. The van der Waals surface area contributed by atoms with Crippen LogP contribution in [0.1, 0.15) is 29.2 Å². The molecule has 0 aliphatic rings. The monoisotopic (exact) mass is 452 g/mol. The molecular formula is C26H32N2O3S. The van der Waals surface area contributed by atoms with Crippen LogP contribution in [0.4, 0.5) is 11.4 Å². The van der Waals surface area contributed by atoms with Gasteiger partial charge in [0.1, 0.15) is 5.75 Å². The molecule has 0 aromatic heterocycles. The zero-order chi connectivity index (χ0) is 23.5. The number of anilines is 2. The molecule has 5 nitrogen and oxygen atoms in total. The summed E-state index contributed by atoms with van der Waals surface area (Å²) in [5.41, 5.74) is 5.13. The van der Waals surface area contributed by atoms with E-state index in [0.717, 1.165) is 27.9 Å². The summed E-state index contributed by atoms with van der Waals surface area (Å²) in [6.07, 6.45) is 0. The normalized spacial score (nSPS) is 11.3. The first-order valence-corrected chi connectivity index (χ1v) is 12.2. The molecule has 32 heavy (non-hydrogen) atoms. The van der Waals surface area contributed by atoms with Crippen molar-refractivity contribution >= 4 is 21.4 Å². The van der Waals surface area contributed by atoms with Crippen LogP contribution in [0.2, 0.25) is 0 Å². The van der Waals surface area contributed by atoms with E-state index in [1.165, 1.54) is 4.31 Å². The fourth-order valence-electron chi connectivity index (χ4n) is 3.94. The molecular weight excluding hydrogens is 420 g/mol. The Balaban J connectivity index is 2.09. The topological polar surface area (TPSA) is 49.9 Å². The van der Waals surface area contributed by atoms with Gasteiger partial charge in [0.25, 0.3) is 10.0 Å². The third-order valence-electron chi connectivity index (χ3n) is 5.37. The summed E-state index contributed by atoms with van der Waals surface area (Å²) >= 11 is 0. The number of sulfonamides is 1. The molecule has 0 heterocycles. The molecule has 0 radical (unpaired) electrons. The van der Waals surface area contributed by atoms with Crippen molar-refractivity contribution in [1.82, 2.24) is 0 Å². The average molecular weight is 453 g/mol. The standard InChI is InChI=1S/C26H32N2O3S/c1-7-31-25-14-12-24(13-15-25)28(18-22-8-10-23(11-9-22)27(5)6)32(29,30)26-20(3)16-19(2)17-21(26)4/h8-17H,7,18H2,1-6H3. The molecule has 0 N–H and O–H groups in total. The second-order valence-electron chi connectivity index (χ2n) is 8.23. The lowest BCUT2D eigenvalue weighted by Gasteiger charge is -2.27. The van der Waals surface area contributed by atoms with E-state index in [9.17, 15) is 8.42 Å². The minimum atomic E-state index is -3.80. The molecule has 0 fully saturated rings. The van der Waals surface area contributed by atoms with Crippen LogP contribution in [0, 0.1) is 20.8 Å². The van der Waals surface area contributed by atoms with Crippen molar-refractivity contribution in [2.45, 2.75) is 39.1 Å². The Morgan fingerprint density at radius 3 is 1.84 bits per heavy atom. The summed E-state index contributed by atoms with van der Waals surface area (Å²) in [6.45, 7) is 8.40. The Bertz CT molecular complexity index is 1150. The number of aryl methyl sites for hydroxylation is 3. The Morgan fingerprint density at radius 2 is 1.34 bits per heavy atom. The highest BCUT2D eigenvalue weighted by Crippen LogP contribution is 2.31. The Morgan fingerprint density at radius 1 is 0.812 bits per heavy atom. The molecule has 0 atom stereocenters. The lowest BCUT2D eigenvalue weighted by molar-refractivity contribution is 0.340. The van der Waals surface area contributed by atoms with Gasteiger partial charge in [0.15, 0.2) is 0 Å². The van der Waals surface area contributed by atoms with Crippen LogP contribution in [0.15, 0.2) is 65.6 Å². The van der Waals surface area contributed by atoms with Gasteiger partial charge in [0.05, 0.1) is 23.7 Å². The fourth-order valence-corrected chi connectivity index (χ4v) is 5.81. The van der Waals surface area contributed by atoms with Crippen molar-refractivity contribution in [1.29, 1.82) is 0 Å². The predicted molar refractivity (Wildman–Crippen MR) is 132 cm³/mol. The average Bonchev–Trinajstić information content (AvgIpc) is 2.72. The Kier molecular flexibility index (Phi) is 7.14. The van der Waals surface area contributed by atoms with Crippen molar-refractivity contribution < 1.29 is 13.2 Å². The van der Waals surface area contributed by atoms with Crippen LogP contribution in [0.25, 0.3) is 0 Å². The molecule has 6 heteroatoms. The summed E-state index contributed by atoms with van der Waals surface area (Å²) in [4.78, 5) is 2.38. The number of hydrogen-bond acceptors (Lipinski definition) is 4. The summed E-state index contributed by atoms with van der Waals surface area (Å²) in [7, 11) is 0.162. The maximum absolute atomic E-state index is 14.0. The first kappa shape index (κ1) is 23.7. The number of benzene rings is 3. The van der Waals surface area contributed by atoms with E-state index in [1.54, 1.807) is 12.1 Å². The quantitative estimate of drug-likeness (QED) is 0.455. The van der Waals surface area contributed by atoms with E-state index in [4.69, 9.17) is 4.74 Å². The molecule has 0 amide bonds. The zero-order valence-electron chi connectivity index (χ0n) is 19.7. The Hall–Kier alpha value is -2.99. The van der Waals surface area contributed by atoms with E-state index >= 15 is 0 Å². The SMILES string of the molecule is CCOc1ccc(N(Cc2ccc(N(C)C)cc2)S(=O)(=O)c2c(C)cc(C)cc2C)cc1. The van der Waals surface area contributed by atoms with E-state index in [-0.39, 0.29) is 6.54 Å². The maximum Gasteiger partial charge on any atom is 0.265 e. The van der Waals surface area contributed by atoms with Crippen molar-refractivity contribution in [3.8, 4) is 5.75 Å². The van der Waals surface area contributed by atoms with Gasteiger partial charge in [-0.1, -0.05) is 29.8 Å². The van der Waals surface area contributed by atoms with Crippen molar-refractivity contribution in [3.63, 3.8) is 0 Å². The lowest BCUT2D eigenvalue weighted by atomic mass is 10.1. The highest BCUT2D eigenvalue weighted by molar-refractivity contribution is 7.92. The van der Waals surface area contributed by atoms with Gasteiger partial charge in [0.2, 0.25) is 0 Å². The molecule has 3 rings (SSSR count). The number of nitrogens with zero attached hydrogens (tertiary/aromatic N) is 2. The minimum absolute atomic E-state index is 0.233. The highest BCUT2D eigenvalue weighted by atomic mass is 32.2. The number of ether oxygens (including phenoxy) is 1. The fraction of sp³-hybridized carbons (Fsp3) is 0.308. The van der Waals surface area contributed by atoms with E-state index in [0.29, 0.717) is 22.9 Å². The van der Waals surface area contributed by atoms with Crippen LogP contribution in [0.5, 0.6) is 5.75 Å². The van der Waals surface area contributed by atoms with Crippen LogP contribution in [-0.2, 0) is 16.6 Å². The largest absolute Gasteiger partial charge is 0.494 e. The number of hydrogen-bond donors (Lipinski definition) is 0. The van der Waals surface area contributed by atoms with Crippen molar-refractivity contribution in [3.05, 3.63) is 82.9 Å². The second-order valence-corrected chi connectivity index (χ2v) is 10.0. The van der Waals surface area contributed by atoms with Crippen molar-refractivity contribution in [2.24, 2.45) is 0 Å². The summed E-state index contributed by atoms with van der Waals surface area (Å²) in [5, 5.41) is 0. The number of rotatable bonds is 8. The summed E-state index contributed by atoms with van der Waals surface area (Å²) < 4.78 is 35.0. The molecule has 0 spiro atoms. The first-order valence-electron chi connectivity index (χ1n) is 10.7. The molecule has 0 aliphatic carbocycles. The van der Waals surface area contributed by atoms with Gasteiger partial charge in [0, 0.05) is 19.8 Å².